The molecule has 0 fully saturated rings. The lowest BCUT2D eigenvalue weighted by Gasteiger charge is -2.13. The number of para-hydroxylation sites is 1. The van der Waals surface area contributed by atoms with Crippen molar-refractivity contribution in [3.63, 3.8) is 0 Å². The molecule has 0 saturated heterocycles. The first-order valence-corrected chi connectivity index (χ1v) is 6.85. The second-order valence-electron chi connectivity index (χ2n) is 4.04. The van der Waals surface area contributed by atoms with E-state index in [0.717, 1.165) is 5.75 Å². The van der Waals surface area contributed by atoms with Crippen LogP contribution in [0.15, 0.2) is 42.5 Å². The number of aliphatic hydroxyl groups excluding tert-OH is 1. The molecule has 0 saturated carbocycles. The minimum absolute atomic E-state index is 0.185. The quantitative estimate of drug-likeness (QED) is 0.821. The van der Waals surface area contributed by atoms with Gasteiger partial charge in [0.1, 0.15) is 24.7 Å². The molecule has 0 atom stereocenters. The Hall–Kier alpha value is -1.42. The largest absolute Gasteiger partial charge is 0.490 e. The van der Waals surface area contributed by atoms with Crippen molar-refractivity contribution in [1.82, 2.24) is 0 Å². The predicted molar refractivity (Wildman–Crippen MR) is 79.8 cm³/mol. The third-order valence-corrected chi connectivity index (χ3v) is 3.10. The average Bonchev–Trinajstić information content (AvgIpc) is 2.45. The van der Waals surface area contributed by atoms with E-state index in [1.165, 1.54) is 0 Å². The van der Waals surface area contributed by atoms with Crippen molar-refractivity contribution in [1.29, 1.82) is 0 Å². The molecule has 0 aromatic heterocycles. The van der Waals surface area contributed by atoms with Gasteiger partial charge in [-0.1, -0.05) is 41.4 Å². The second-order valence-corrected chi connectivity index (χ2v) is 4.89. The molecule has 0 unspecified atom stereocenters. The highest BCUT2D eigenvalue weighted by Crippen LogP contribution is 2.32. The van der Waals surface area contributed by atoms with E-state index in [-0.39, 0.29) is 6.61 Å². The van der Waals surface area contributed by atoms with Gasteiger partial charge in [-0.3, -0.25) is 0 Å². The van der Waals surface area contributed by atoms with E-state index in [0.29, 0.717) is 34.6 Å². The summed E-state index contributed by atoms with van der Waals surface area (Å²) in [5.74, 6) is 1.22. The fraction of sp³-hybridized carbons (Fsp3) is 0.200. The Morgan fingerprint density at radius 3 is 2.35 bits per heavy atom. The lowest BCUT2D eigenvalue weighted by molar-refractivity contribution is 0.210. The van der Waals surface area contributed by atoms with Crippen LogP contribution in [0.2, 0.25) is 10.0 Å². The molecule has 0 amide bonds. The average molecular weight is 313 g/mol. The fourth-order valence-electron chi connectivity index (χ4n) is 1.71. The molecule has 5 heteroatoms. The standard InChI is InChI=1S/C15H14Cl2O3/c16-12-8-11(10-18)15(14(17)9-12)20-7-6-19-13-4-2-1-3-5-13/h1-5,8-9,18H,6-7,10H2. The number of halogens is 2. The zero-order valence-corrected chi connectivity index (χ0v) is 12.2. The summed E-state index contributed by atoms with van der Waals surface area (Å²) in [5, 5.41) is 10.1. The van der Waals surface area contributed by atoms with Crippen LogP contribution in [0, 0.1) is 0 Å². The minimum atomic E-state index is -0.185. The van der Waals surface area contributed by atoms with Gasteiger partial charge >= 0.3 is 0 Å². The van der Waals surface area contributed by atoms with Crippen LogP contribution in [0.4, 0.5) is 0 Å². The molecule has 2 rings (SSSR count). The summed E-state index contributed by atoms with van der Waals surface area (Å²) in [5.41, 5.74) is 0.558. The van der Waals surface area contributed by atoms with Crippen LogP contribution in [-0.2, 0) is 6.61 Å². The summed E-state index contributed by atoms with van der Waals surface area (Å²) >= 11 is 11.9. The van der Waals surface area contributed by atoms with E-state index in [2.05, 4.69) is 0 Å². The SMILES string of the molecule is OCc1cc(Cl)cc(Cl)c1OCCOc1ccccc1. The maximum Gasteiger partial charge on any atom is 0.143 e. The maximum atomic E-state index is 9.27. The maximum absolute atomic E-state index is 9.27. The third kappa shape index (κ3) is 4.04. The lowest BCUT2D eigenvalue weighted by atomic mass is 10.2. The second kappa shape index (κ2) is 7.39. The summed E-state index contributed by atoms with van der Waals surface area (Å²) in [6.45, 7) is 0.520. The smallest absolute Gasteiger partial charge is 0.143 e. The summed E-state index contributed by atoms with van der Waals surface area (Å²) in [6.07, 6.45) is 0. The highest BCUT2D eigenvalue weighted by atomic mass is 35.5. The van der Waals surface area contributed by atoms with E-state index in [1.54, 1.807) is 12.1 Å². The van der Waals surface area contributed by atoms with Crippen LogP contribution in [-0.4, -0.2) is 18.3 Å². The monoisotopic (exact) mass is 312 g/mol. The summed E-state index contributed by atoms with van der Waals surface area (Å²) < 4.78 is 11.1. The van der Waals surface area contributed by atoms with Crippen molar-refractivity contribution in [2.45, 2.75) is 6.61 Å². The first-order valence-electron chi connectivity index (χ1n) is 6.10. The van der Waals surface area contributed by atoms with Crippen LogP contribution in [0.1, 0.15) is 5.56 Å². The Kier molecular flexibility index (Phi) is 5.53. The molecule has 0 aliphatic carbocycles. The predicted octanol–water partition coefficient (Wildman–Crippen LogP) is 3.94. The molecule has 106 valence electrons. The fourth-order valence-corrected chi connectivity index (χ4v) is 2.30. The summed E-state index contributed by atoms with van der Waals surface area (Å²) in [4.78, 5) is 0. The van der Waals surface area contributed by atoms with Gasteiger partial charge in [0, 0.05) is 10.6 Å². The number of benzene rings is 2. The summed E-state index contributed by atoms with van der Waals surface area (Å²) in [7, 11) is 0. The molecule has 0 bridgehead atoms. The molecule has 0 radical (unpaired) electrons. The number of aliphatic hydroxyl groups is 1. The Morgan fingerprint density at radius 1 is 0.950 bits per heavy atom. The molecule has 2 aromatic rings. The Morgan fingerprint density at radius 2 is 1.65 bits per heavy atom. The normalized spacial score (nSPS) is 10.3. The van der Waals surface area contributed by atoms with Crippen molar-refractivity contribution in [3.8, 4) is 11.5 Å². The van der Waals surface area contributed by atoms with Gasteiger partial charge in [-0.2, -0.15) is 0 Å². The van der Waals surface area contributed by atoms with Crippen molar-refractivity contribution >= 4 is 23.2 Å². The first kappa shape index (κ1) is 15.0. The molecule has 0 aliphatic heterocycles. The van der Waals surface area contributed by atoms with Gasteiger partial charge < -0.3 is 14.6 Å². The van der Waals surface area contributed by atoms with Crippen LogP contribution < -0.4 is 9.47 Å². The van der Waals surface area contributed by atoms with Gasteiger partial charge in [-0.15, -0.1) is 0 Å². The van der Waals surface area contributed by atoms with E-state index >= 15 is 0 Å². The molecule has 1 N–H and O–H groups in total. The highest BCUT2D eigenvalue weighted by Gasteiger charge is 2.10. The van der Waals surface area contributed by atoms with Crippen LogP contribution in [0.25, 0.3) is 0 Å². The van der Waals surface area contributed by atoms with Crippen LogP contribution in [0.5, 0.6) is 11.5 Å². The Balaban J connectivity index is 1.91. The summed E-state index contributed by atoms with van der Waals surface area (Å²) in [6, 6.07) is 12.7. The zero-order valence-electron chi connectivity index (χ0n) is 10.7. The molecule has 0 heterocycles. The number of hydrogen-bond acceptors (Lipinski definition) is 3. The number of rotatable bonds is 6. The molecular weight excluding hydrogens is 299 g/mol. The molecule has 3 nitrogen and oxygen atoms in total. The highest BCUT2D eigenvalue weighted by molar-refractivity contribution is 6.35. The molecule has 20 heavy (non-hydrogen) atoms. The van der Waals surface area contributed by atoms with E-state index in [9.17, 15) is 5.11 Å². The van der Waals surface area contributed by atoms with Gasteiger partial charge in [0.2, 0.25) is 0 Å². The zero-order chi connectivity index (χ0) is 14.4. The van der Waals surface area contributed by atoms with E-state index in [4.69, 9.17) is 32.7 Å². The number of hydrogen-bond donors (Lipinski definition) is 1. The van der Waals surface area contributed by atoms with Crippen LogP contribution in [0.3, 0.4) is 0 Å². The molecule has 2 aromatic carbocycles. The van der Waals surface area contributed by atoms with Crippen molar-refractivity contribution in [2.75, 3.05) is 13.2 Å². The molecular formula is C15H14Cl2O3. The van der Waals surface area contributed by atoms with Crippen LogP contribution >= 0.6 is 23.2 Å². The van der Waals surface area contributed by atoms with Crippen molar-refractivity contribution < 1.29 is 14.6 Å². The molecule has 0 aliphatic rings. The van der Waals surface area contributed by atoms with Gasteiger partial charge in [0.25, 0.3) is 0 Å². The van der Waals surface area contributed by atoms with Crippen molar-refractivity contribution in [3.05, 3.63) is 58.1 Å². The van der Waals surface area contributed by atoms with Gasteiger partial charge in [-0.25, -0.2) is 0 Å². The molecule has 0 spiro atoms. The lowest BCUT2D eigenvalue weighted by Crippen LogP contribution is -2.10. The van der Waals surface area contributed by atoms with E-state index < -0.39 is 0 Å². The first-order chi connectivity index (χ1) is 9.70. The Bertz CT molecular complexity index is 559. The number of ether oxygens (including phenoxy) is 2. The minimum Gasteiger partial charge on any atom is -0.490 e. The topological polar surface area (TPSA) is 38.7 Å². The van der Waals surface area contributed by atoms with E-state index in [1.807, 2.05) is 30.3 Å². The van der Waals surface area contributed by atoms with Gasteiger partial charge in [0.15, 0.2) is 0 Å². The van der Waals surface area contributed by atoms with Gasteiger partial charge in [-0.05, 0) is 24.3 Å². The Labute approximate surface area is 127 Å². The third-order valence-electron chi connectivity index (χ3n) is 2.60. The van der Waals surface area contributed by atoms with Gasteiger partial charge in [0.05, 0.1) is 11.6 Å². The van der Waals surface area contributed by atoms with Crippen molar-refractivity contribution in [2.24, 2.45) is 0 Å².